The van der Waals surface area contributed by atoms with Crippen LogP contribution in [-0.2, 0) is 16.1 Å². The number of nitrogens with zero attached hydrogens (tertiary/aromatic N) is 1. The van der Waals surface area contributed by atoms with Gasteiger partial charge in [0.05, 0.1) is 7.11 Å². The van der Waals surface area contributed by atoms with Gasteiger partial charge in [-0.15, -0.1) is 0 Å². The van der Waals surface area contributed by atoms with E-state index in [1.54, 1.807) is 12.1 Å². The average molecular weight is 253 g/mol. The van der Waals surface area contributed by atoms with E-state index in [0.29, 0.717) is 5.75 Å². The summed E-state index contributed by atoms with van der Waals surface area (Å²) in [6, 6.07) is 4.70. The summed E-state index contributed by atoms with van der Waals surface area (Å²) < 4.78 is 4.94. The third-order valence-corrected chi connectivity index (χ3v) is 2.39. The van der Waals surface area contributed by atoms with Crippen LogP contribution in [0.25, 0.3) is 0 Å². The Kier molecular flexibility index (Phi) is 4.53. The van der Waals surface area contributed by atoms with Crippen LogP contribution in [0.1, 0.15) is 12.0 Å². The molecule has 1 rings (SSSR count). The highest BCUT2D eigenvalue weighted by molar-refractivity contribution is 5.93. The van der Waals surface area contributed by atoms with Gasteiger partial charge in [0, 0.05) is 13.6 Å². The maximum absolute atomic E-state index is 11.4. The first-order chi connectivity index (χ1) is 8.43. The fraction of sp³-hybridized carbons (Fsp3) is 0.333. The van der Waals surface area contributed by atoms with E-state index in [-0.39, 0.29) is 12.3 Å². The number of hydrogen-bond donors (Lipinski definition) is 2. The molecule has 6 nitrogen and oxygen atoms in total. The fourth-order valence-corrected chi connectivity index (χ4v) is 1.45. The van der Waals surface area contributed by atoms with Crippen molar-refractivity contribution in [1.29, 1.82) is 0 Å². The van der Waals surface area contributed by atoms with Crippen molar-refractivity contribution >= 4 is 11.9 Å². The number of rotatable bonds is 5. The van der Waals surface area contributed by atoms with Crippen LogP contribution in [0.15, 0.2) is 18.2 Å². The number of amides is 1. The van der Waals surface area contributed by atoms with E-state index in [1.807, 2.05) is 0 Å². The number of benzene rings is 1. The maximum Gasteiger partial charge on any atom is 0.312 e. The zero-order valence-corrected chi connectivity index (χ0v) is 10.2. The summed E-state index contributed by atoms with van der Waals surface area (Å²) in [5.74, 6) is -1.31. The van der Waals surface area contributed by atoms with E-state index in [9.17, 15) is 14.7 Å². The van der Waals surface area contributed by atoms with Crippen molar-refractivity contribution in [2.45, 2.75) is 13.0 Å². The molecule has 1 amide bonds. The number of carboxylic acid groups (broad SMARTS) is 1. The molecular weight excluding hydrogens is 238 g/mol. The van der Waals surface area contributed by atoms with Gasteiger partial charge in [-0.05, 0) is 17.7 Å². The number of carbonyl (C=O) groups is 2. The largest absolute Gasteiger partial charge is 0.504 e. The molecule has 98 valence electrons. The topological polar surface area (TPSA) is 87.1 Å². The molecule has 18 heavy (non-hydrogen) atoms. The van der Waals surface area contributed by atoms with Crippen molar-refractivity contribution in [3.8, 4) is 11.5 Å². The minimum atomic E-state index is -1.16. The smallest absolute Gasteiger partial charge is 0.312 e. The molecule has 0 spiro atoms. The Morgan fingerprint density at radius 3 is 2.61 bits per heavy atom. The standard InChI is InChI=1S/C12H15NO5/c1-13(11(15)6-12(16)17)7-8-3-4-9(14)10(5-8)18-2/h3-5,14H,6-7H2,1-2H3,(H,16,17). The lowest BCUT2D eigenvalue weighted by molar-refractivity contribution is -0.143. The van der Waals surface area contributed by atoms with Crippen molar-refractivity contribution in [2.75, 3.05) is 14.2 Å². The summed E-state index contributed by atoms with van der Waals surface area (Å²) in [7, 11) is 2.95. The molecular formula is C12H15NO5. The molecule has 6 heteroatoms. The lowest BCUT2D eigenvalue weighted by Gasteiger charge is -2.16. The Morgan fingerprint density at radius 1 is 1.39 bits per heavy atom. The van der Waals surface area contributed by atoms with Crippen LogP contribution < -0.4 is 4.74 Å². The van der Waals surface area contributed by atoms with Gasteiger partial charge in [0.25, 0.3) is 0 Å². The number of aliphatic carboxylic acids is 1. The molecule has 0 heterocycles. The highest BCUT2D eigenvalue weighted by Gasteiger charge is 2.13. The quantitative estimate of drug-likeness (QED) is 0.759. The van der Waals surface area contributed by atoms with Gasteiger partial charge in [-0.3, -0.25) is 9.59 Å². The van der Waals surface area contributed by atoms with Gasteiger partial charge in [0.1, 0.15) is 6.42 Å². The van der Waals surface area contributed by atoms with Gasteiger partial charge in [-0.2, -0.15) is 0 Å². The molecule has 0 unspecified atom stereocenters. The maximum atomic E-state index is 11.4. The van der Waals surface area contributed by atoms with Crippen molar-refractivity contribution in [3.05, 3.63) is 23.8 Å². The van der Waals surface area contributed by atoms with Crippen LogP contribution in [0.5, 0.6) is 11.5 Å². The van der Waals surface area contributed by atoms with Gasteiger partial charge in [0.15, 0.2) is 11.5 Å². The summed E-state index contributed by atoms with van der Waals surface area (Å²) in [6.45, 7) is 0.253. The predicted molar refractivity (Wildman–Crippen MR) is 63.4 cm³/mol. The molecule has 0 aromatic heterocycles. The van der Waals surface area contributed by atoms with Gasteiger partial charge in [-0.25, -0.2) is 0 Å². The second-order valence-corrected chi connectivity index (χ2v) is 3.83. The highest BCUT2D eigenvalue weighted by atomic mass is 16.5. The Balaban J connectivity index is 2.72. The lowest BCUT2D eigenvalue weighted by atomic mass is 10.2. The van der Waals surface area contributed by atoms with Crippen LogP contribution in [0.4, 0.5) is 0 Å². The van der Waals surface area contributed by atoms with E-state index in [2.05, 4.69) is 0 Å². The Bertz CT molecular complexity index is 458. The minimum absolute atomic E-state index is 0.0146. The molecule has 0 aliphatic heterocycles. The summed E-state index contributed by atoms with van der Waals surface area (Å²) in [5.41, 5.74) is 0.742. The van der Waals surface area contributed by atoms with E-state index >= 15 is 0 Å². The van der Waals surface area contributed by atoms with Gasteiger partial charge >= 0.3 is 5.97 Å². The molecule has 0 radical (unpaired) electrons. The summed E-state index contributed by atoms with van der Waals surface area (Å²) in [5, 5.41) is 17.9. The van der Waals surface area contributed by atoms with Gasteiger partial charge in [-0.1, -0.05) is 6.07 Å². The van der Waals surface area contributed by atoms with E-state index in [1.165, 1.54) is 25.1 Å². The molecule has 0 bridgehead atoms. The van der Waals surface area contributed by atoms with Gasteiger partial charge < -0.3 is 19.8 Å². The number of hydrogen-bond acceptors (Lipinski definition) is 4. The Morgan fingerprint density at radius 2 is 2.06 bits per heavy atom. The van der Waals surface area contributed by atoms with Crippen LogP contribution in [-0.4, -0.2) is 41.1 Å². The normalized spacial score (nSPS) is 9.89. The molecule has 1 aromatic rings. The van der Waals surface area contributed by atoms with Gasteiger partial charge in [0.2, 0.25) is 5.91 Å². The van der Waals surface area contributed by atoms with Crippen LogP contribution in [0.2, 0.25) is 0 Å². The minimum Gasteiger partial charge on any atom is -0.504 e. The van der Waals surface area contributed by atoms with E-state index < -0.39 is 18.3 Å². The monoisotopic (exact) mass is 253 g/mol. The molecule has 2 N–H and O–H groups in total. The van der Waals surface area contributed by atoms with E-state index in [0.717, 1.165) is 5.56 Å². The fourth-order valence-electron chi connectivity index (χ4n) is 1.45. The second kappa shape index (κ2) is 5.90. The Labute approximate surface area is 104 Å². The summed E-state index contributed by atoms with van der Waals surface area (Å²) in [4.78, 5) is 23.2. The van der Waals surface area contributed by atoms with Crippen molar-refractivity contribution in [2.24, 2.45) is 0 Å². The first kappa shape index (κ1) is 13.8. The third-order valence-electron chi connectivity index (χ3n) is 2.39. The highest BCUT2D eigenvalue weighted by Crippen LogP contribution is 2.26. The van der Waals surface area contributed by atoms with Crippen molar-refractivity contribution in [1.82, 2.24) is 4.90 Å². The van der Waals surface area contributed by atoms with Crippen molar-refractivity contribution in [3.63, 3.8) is 0 Å². The summed E-state index contributed by atoms with van der Waals surface area (Å²) in [6.07, 6.45) is -0.536. The predicted octanol–water partition coefficient (Wildman–Crippen LogP) is 0.834. The Hall–Kier alpha value is -2.24. The van der Waals surface area contributed by atoms with Crippen molar-refractivity contribution < 1.29 is 24.5 Å². The third kappa shape index (κ3) is 3.65. The SMILES string of the molecule is COc1cc(CN(C)C(=O)CC(=O)O)ccc1O. The molecule has 1 aromatic carbocycles. The number of methoxy groups -OCH3 is 1. The zero-order valence-electron chi connectivity index (χ0n) is 10.2. The molecule has 0 aliphatic rings. The number of carboxylic acids is 1. The van der Waals surface area contributed by atoms with Crippen LogP contribution in [0, 0.1) is 0 Å². The first-order valence-corrected chi connectivity index (χ1v) is 5.25. The average Bonchev–Trinajstić information content (AvgIpc) is 2.30. The van der Waals surface area contributed by atoms with Crippen LogP contribution in [0.3, 0.4) is 0 Å². The van der Waals surface area contributed by atoms with Crippen LogP contribution >= 0.6 is 0 Å². The molecule has 0 aliphatic carbocycles. The lowest BCUT2D eigenvalue weighted by Crippen LogP contribution is -2.28. The molecule has 0 saturated heterocycles. The number of phenols is 1. The second-order valence-electron chi connectivity index (χ2n) is 3.83. The number of ether oxygens (including phenoxy) is 1. The molecule has 0 saturated carbocycles. The first-order valence-electron chi connectivity index (χ1n) is 5.25. The summed E-state index contributed by atoms with van der Waals surface area (Å²) >= 11 is 0. The molecule has 0 atom stereocenters. The molecule has 0 fully saturated rings. The number of aromatic hydroxyl groups is 1. The zero-order chi connectivity index (χ0) is 13.7. The van der Waals surface area contributed by atoms with E-state index in [4.69, 9.17) is 9.84 Å². The number of phenolic OH excluding ortho intramolecular Hbond substituents is 1. The number of carbonyl (C=O) groups excluding carboxylic acids is 1.